The van der Waals surface area contributed by atoms with Crippen molar-refractivity contribution in [3.8, 4) is 5.75 Å². The lowest BCUT2D eigenvalue weighted by Crippen LogP contribution is -2.29. The van der Waals surface area contributed by atoms with Gasteiger partial charge in [0.05, 0.1) is 16.2 Å². The summed E-state index contributed by atoms with van der Waals surface area (Å²) in [6.45, 7) is 1.69. The van der Waals surface area contributed by atoms with Crippen LogP contribution in [0.5, 0.6) is 5.75 Å². The molecule has 8 heteroatoms. The summed E-state index contributed by atoms with van der Waals surface area (Å²) in [5.74, 6) is -1.06. The molecule has 0 saturated carbocycles. The van der Waals surface area contributed by atoms with Gasteiger partial charge in [-0.25, -0.2) is 4.79 Å². The van der Waals surface area contributed by atoms with Crippen LogP contribution < -0.4 is 9.64 Å². The van der Waals surface area contributed by atoms with Crippen molar-refractivity contribution in [3.63, 3.8) is 0 Å². The molecule has 132 valence electrons. The summed E-state index contributed by atoms with van der Waals surface area (Å²) in [4.78, 5) is 47.2. The number of imide groups is 1. The number of carbonyl (C=O) groups excluding carboxylic acids is 3. The van der Waals surface area contributed by atoms with Crippen molar-refractivity contribution in [3.05, 3.63) is 63.7 Å². The number of nitro groups is 1. The largest absolute Gasteiger partial charge is 0.423 e. The second kappa shape index (κ2) is 6.75. The van der Waals surface area contributed by atoms with Crippen molar-refractivity contribution in [2.24, 2.45) is 0 Å². The van der Waals surface area contributed by atoms with Gasteiger partial charge in [0, 0.05) is 25.0 Å². The minimum atomic E-state index is -0.742. The zero-order valence-corrected chi connectivity index (χ0v) is 13.8. The third-order valence-corrected chi connectivity index (χ3v) is 3.96. The van der Waals surface area contributed by atoms with Gasteiger partial charge in [-0.15, -0.1) is 0 Å². The fourth-order valence-corrected chi connectivity index (χ4v) is 2.70. The molecule has 0 unspecified atom stereocenters. The van der Waals surface area contributed by atoms with Crippen LogP contribution in [-0.4, -0.2) is 22.7 Å². The molecular weight excluding hydrogens is 340 g/mol. The molecule has 2 amide bonds. The smallest absolute Gasteiger partial charge is 0.343 e. The van der Waals surface area contributed by atoms with E-state index in [-0.39, 0.29) is 41.7 Å². The van der Waals surface area contributed by atoms with Crippen molar-refractivity contribution < 1.29 is 24.0 Å². The second-order valence-corrected chi connectivity index (χ2v) is 5.77. The average molecular weight is 354 g/mol. The van der Waals surface area contributed by atoms with Crippen LogP contribution in [0.15, 0.2) is 42.5 Å². The SMILES string of the molecule is Cc1cc(OC(=O)c2cccc([N+](=O)[O-])c2)ccc1N1C(=O)CCC1=O. The number of aryl methyl sites for hydroxylation is 1. The topological polar surface area (TPSA) is 107 Å². The van der Waals surface area contributed by atoms with Crippen LogP contribution >= 0.6 is 0 Å². The molecule has 0 atom stereocenters. The Bertz CT molecular complexity index is 921. The van der Waals surface area contributed by atoms with E-state index in [0.29, 0.717) is 11.3 Å². The normalized spacial score (nSPS) is 13.8. The predicted octanol–water partition coefficient (Wildman–Crippen LogP) is 2.78. The molecule has 1 aliphatic rings. The van der Waals surface area contributed by atoms with Crippen LogP contribution in [-0.2, 0) is 9.59 Å². The minimum absolute atomic E-state index is 0.0471. The highest BCUT2D eigenvalue weighted by Gasteiger charge is 2.31. The molecule has 0 N–H and O–H groups in total. The molecule has 0 radical (unpaired) electrons. The van der Waals surface area contributed by atoms with Crippen LogP contribution in [0.3, 0.4) is 0 Å². The quantitative estimate of drug-likeness (QED) is 0.275. The van der Waals surface area contributed by atoms with E-state index in [9.17, 15) is 24.5 Å². The molecule has 0 bridgehead atoms. The number of nitrogens with zero attached hydrogens (tertiary/aromatic N) is 2. The molecule has 26 heavy (non-hydrogen) atoms. The number of esters is 1. The maximum Gasteiger partial charge on any atom is 0.343 e. The number of benzene rings is 2. The molecule has 1 aliphatic heterocycles. The Morgan fingerprint density at radius 3 is 2.42 bits per heavy atom. The first-order chi connectivity index (χ1) is 12.4. The Hall–Kier alpha value is -3.55. The lowest BCUT2D eigenvalue weighted by molar-refractivity contribution is -0.384. The Labute approximate surface area is 148 Å². The molecule has 0 aromatic heterocycles. The zero-order chi connectivity index (χ0) is 18.8. The van der Waals surface area contributed by atoms with Gasteiger partial charge in [-0.3, -0.25) is 24.6 Å². The van der Waals surface area contributed by atoms with Crippen LogP contribution in [0.1, 0.15) is 28.8 Å². The highest BCUT2D eigenvalue weighted by atomic mass is 16.6. The summed E-state index contributed by atoms with van der Waals surface area (Å²) in [5.41, 5.74) is 0.883. The van der Waals surface area contributed by atoms with E-state index in [4.69, 9.17) is 4.74 Å². The van der Waals surface area contributed by atoms with Crippen molar-refractivity contribution in [2.45, 2.75) is 19.8 Å². The summed E-state index contributed by atoms with van der Waals surface area (Å²) in [5, 5.41) is 10.8. The third kappa shape index (κ3) is 3.30. The van der Waals surface area contributed by atoms with Gasteiger partial charge in [0.25, 0.3) is 5.69 Å². The van der Waals surface area contributed by atoms with E-state index in [1.165, 1.54) is 36.4 Å². The van der Waals surface area contributed by atoms with Gasteiger partial charge in [0.1, 0.15) is 5.75 Å². The summed E-state index contributed by atoms with van der Waals surface area (Å²) in [6.07, 6.45) is 0.365. The number of anilines is 1. The molecule has 1 heterocycles. The molecule has 1 saturated heterocycles. The third-order valence-electron chi connectivity index (χ3n) is 3.96. The van der Waals surface area contributed by atoms with E-state index in [1.807, 2.05) is 0 Å². The first-order valence-electron chi connectivity index (χ1n) is 7.80. The van der Waals surface area contributed by atoms with Crippen molar-refractivity contribution in [1.29, 1.82) is 0 Å². The van der Waals surface area contributed by atoms with E-state index in [2.05, 4.69) is 0 Å². The Kier molecular flexibility index (Phi) is 4.49. The number of carbonyl (C=O) groups is 3. The maximum atomic E-state index is 12.2. The summed E-state index contributed by atoms with van der Waals surface area (Å²) >= 11 is 0. The number of rotatable bonds is 4. The first-order valence-corrected chi connectivity index (χ1v) is 7.80. The van der Waals surface area contributed by atoms with Gasteiger partial charge < -0.3 is 4.74 Å². The Balaban J connectivity index is 1.81. The molecule has 2 aromatic rings. The predicted molar refractivity (Wildman–Crippen MR) is 91.0 cm³/mol. The lowest BCUT2D eigenvalue weighted by atomic mass is 10.1. The van der Waals surface area contributed by atoms with Gasteiger partial charge in [-0.1, -0.05) is 6.07 Å². The van der Waals surface area contributed by atoms with Crippen molar-refractivity contribution in [1.82, 2.24) is 0 Å². The molecule has 1 fully saturated rings. The number of nitro benzene ring substituents is 1. The lowest BCUT2D eigenvalue weighted by Gasteiger charge is -2.17. The average Bonchev–Trinajstić information content (AvgIpc) is 2.94. The highest BCUT2D eigenvalue weighted by molar-refractivity contribution is 6.20. The van der Waals surface area contributed by atoms with Crippen LogP contribution in [0.25, 0.3) is 0 Å². The molecular formula is C18H14N2O6. The van der Waals surface area contributed by atoms with Crippen LogP contribution in [0, 0.1) is 17.0 Å². The summed E-state index contributed by atoms with van der Waals surface area (Å²) in [6, 6.07) is 9.75. The van der Waals surface area contributed by atoms with Crippen LogP contribution in [0.2, 0.25) is 0 Å². The highest BCUT2D eigenvalue weighted by Crippen LogP contribution is 2.29. The van der Waals surface area contributed by atoms with Gasteiger partial charge in [0.15, 0.2) is 0 Å². The van der Waals surface area contributed by atoms with Crippen molar-refractivity contribution in [2.75, 3.05) is 4.90 Å². The van der Waals surface area contributed by atoms with E-state index < -0.39 is 10.9 Å². The fraction of sp³-hybridized carbons (Fsp3) is 0.167. The zero-order valence-electron chi connectivity index (χ0n) is 13.8. The van der Waals surface area contributed by atoms with Crippen LogP contribution in [0.4, 0.5) is 11.4 Å². The Morgan fingerprint density at radius 1 is 1.12 bits per heavy atom. The monoisotopic (exact) mass is 354 g/mol. The number of hydrogen-bond acceptors (Lipinski definition) is 6. The standard InChI is InChI=1S/C18H14N2O6/c1-11-9-14(5-6-15(11)19-16(21)7-8-17(19)22)26-18(23)12-3-2-4-13(10-12)20(24)25/h2-6,9-10H,7-8H2,1H3. The number of ether oxygens (including phenoxy) is 1. The fourth-order valence-electron chi connectivity index (χ4n) is 2.70. The summed E-state index contributed by atoms with van der Waals surface area (Å²) < 4.78 is 5.24. The van der Waals surface area contributed by atoms with E-state index in [0.717, 1.165) is 11.0 Å². The second-order valence-electron chi connectivity index (χ2n) is 5.77. The maximum absolute atomic E-state index is 12.2. The number of hydrogen-bond donors (Lipinski definition) is 0. The Morgan fingerprint density at radius 2 is 1.81 bits per heavy atom. The molecule has 0 spiro atoms. The van der Waals surface area contributed by atoms with E-state index in [1.54, 1.807) is 6.92 Å². The van der Waals surface area contributed by atoms with Gasteiger partial charge in [-0.2, -0.15) is 0 Å². The molecule has 0 aliphatic carbocycles. The number of non-ortho nitro benzene ring substituents is 1. The van der Waals surface area contributed by atoms with Crippen molar-refractivity contribution >= 4 is 29.2 Å². The van der Waals surface area contributed by atoms with Gasteiger partial charge >= 0.3 is 5.97 Å². The minimum Gasteiger partial charge on any atom is -0.423 e. The molecule has 3 rings (SSSR count). The number of amides is 2. The molecule has 8 nitrogen and oxygen atoms in total. The first kappa shape index (κ1) is 17.3. The molecule has 2 aromatic carbocycles. The summed E-state index contributed by atoms with van der Waals surface area (Å²) in [7, 11) is 0. The van der Waals surface area contributed by atoms with Gasteiger partial charge in [0.2, 0.25) is 11.8 Å². The van der Waals surface area contributed by atoms with Gasteiger partial charge in [-0.05, 0) is 36.8 Å². The van der Waals surface area contributed by atoms with E-state index >= 15 is 0 Å².